The third-order valence-corrected chi connectivity index (χ3v) is 2.16. The minimum absolute atomic E-state index is 0.129. The van der Waals surface area contributed by atoms with Crippen molar-refractivity contribution in [3.8, 4) is 11.5 Å². The van der Waals surface area contributed by atoms with E-state index in [1.165, 1.54) is 7.11 Å². The molecule has 0 saturated carbocycles. The second kappa shape index (κ2) is 5.25. The minimum atomic E-state index is -0.908. The van der Waals surface area contributed by atoms with Crippen molar-refractivity contribution in [3.63, 3.8) is 0 Å². The molecule has 0 radical (unpaired) electrons. The van der Waals surface area contributed by atoms with Crippen molar-refractivity contribution in [3.05, 3.63) is 17.7 Å². The second-order valence-electron chi connectivity index (χ2n) is 3.27. The van der Waals surface area contributed by atoms with Crippen LogP contribution in [-0.2, 0) is 4.79 Å². The molecule has 0 aromatic heterocycles. The summed E-state index contributed by atoms with van der Waals surface area (Å²) < 4.78 is 10.3. The number of hydrogen-bond donors (Lipinski definition) is 2. The lowest BCUT2D eigenvalue weighted by molar-refractivity contribution is -0.134. The molecule has 5 heteroatoms. The highest BCUT2D eigenvalue weighted by Gasteiger charge is 2.08. The Morgan fingerprint density at radius 2 is 1.88 bits per heavy atom. The van der Waals surface area contributed by atoms with Gasteiger partial charge in [0.25, 0.3) is 0 Å². The molecule has 0 unspecified atom stereocenters. The van der Waals surface area contributed by atoms with E-state index in [4.69, 9.17) is 14.6 Å². The Labute approximate surface area is 94.0 Å². The predicted octanol–water partition coefficient (Wildman–Crippen LogP) is 1.51. The first-order valence-corrected chi connectivity index (χ1v) is 4.76. The van der Waals surface area contributed by atoms with Crippen LogP contribution in [0.2, 0.25) is 0 Å². The number of nitrogens with one attached hydrogen (secondary N) is 1. The highest BCUT2D eigenvalue weighted by atomic mass is 16.5. The fourth-order valence-electron chi connectivity index (χ4n) is 1.34. The Hall–Kier alpha value is -1.91. The fourth-order valence-corrected chi connectivity index (χ4v) is 1.34. The summed E-state index contributed by atoms with van der Waals surface area (Å²) in [6, 6.07) is 3.51. The maximum absolute atomic E-state index is 10.4. The van der Waals surface area contributed by atoms with E-state index >= 15 is 0 Å². The zero-order valence-electron chi connectivity index (χ0n) is 9.53. The molecule has 0 bridgehead atoms. The maximum Gasteiger partial charge on any atom is 0.322 e. The third-order valence-electron chi connectivity index (χ3n) is 2.16. The summed E-state index contributed by atoms with van der Waals surface area (Å²) in [5.74, 6) is 0.288. The number of aryl methyl sites for hydroxylation is 1. The number of methoxy groups -OCH3 is 2. The van der Waals surface area contributed by atoms with Gasteiger partial charge in [0.15, 0.2) is 11.5 Å². The van der Waals surface area contributed by atoms with Crippen molar-refractivity contribution < 1.29 is 19.4 Å². The number of anilines is 1. The molecule has 0 spiro atoms. The summed E-state index contributed by atoms with van der Waals surface area (Å²) in [4.78, 5) is 10.4. The molecule has 0 saturated heterocycles. The van der Waals surface area contributed by atoms with Crippen LogP contribution in [0, 0.1) is 6.92 Å². The first-order chi connectivity index (χ1) is 7.58. The lowest BCUT2D eigenvalue weighted by atomic mass is 10.1. The van der Waals surface area contributed by atoms with Crippen molar-refractivity contribution >= 4 is 11.7 Å². The van der Waals surface area contributed by atoms with E-state index in [2.05, 4.69) is 5.32 Å². The van der Waals surface area contributed by atoms with Crippen LogP contribution >= 0.6 is 0 Å². The fraction of sp³-hybridized carbons (Fsp3) is 0.364. The Morgan fingerprint density at radius 3 is 2.38 bits per heavy atom. The summed E-state index contributed by atoms with van der Waals surface area (Å²) in [5.41, 5.74) is 1.62. The molecule has 0 atom stereocenters. The summed E-state index contributed by atoms with van der Waals surface area (Å²) in [5, 5.41) is 11.4. The van der Waals surface area contributed by atoms with Gasteiger partial charge in [-0.2, -0.15) is 0 Å². The standard InChI is InChI=1S/C11H15NO4/c1-7-4-9(15-2)10(16-3)5-8(7)12-6-11(13)14/h4-5,12H,6H2,1-3H3,(H,13,14). The largest absolute Gasteiger partial charge is 0.493 e. The molecular formula is C11H15NO4. The molecule has 1 rings (SSSR count). The predicted molar refractivity (Wildman–Crippen MR) is 60.4 cm³/mol. The Balaban J connectivity index is 2.96. The van der Waals surface area contributed by atoms with E-state index in [1.807, 2.05) is 6.92 Å². The number of carboxylic acid groups (broad SMARTS) is 1. The highest BCUT2D eigenvalue weighted by molar-refractivity contribution is 5.74. The third kappa shape index (κ3) is 2.79. The average molecular weight is 225 g/mol. The SMILES string of the molecule is COc1cc(C)c(NCC(=O)O)cc1OC. The van der Waals surface area contributed by atoms with Crippen molar-refractivity contribution in [1.29, 1.82) is 0 Å². The Bertz CT molecular complexity index is 390. The van der Waals surface area contributed by atoms with Gasteiger partial charge in [0.05, 0.1) is 14.2 Å². The zero-order chi connectivity index (χ0) is 12.1. The molecule has 0 aliphatic carbocycles. The summed E-state index contributed by atoms with van der Waals surface area (Å²) >= 11 is 0. The molecule has 2 N–H and O–H groups in total. The molecule has 0 heterocycles. The average Bonchev–Trinajstić information content (AvgIpc) is 2.26. The number of carbonyl (C=O) groups is 1. The first kappa shape index (κ1) is 12.2. The van der Waals surface area contributed by atoms with Gasteiger partial charge >= 0.3 is 5.97 Å². The molecule has 1 aromatic rings. The van der Waals surface area contributed by atoms with Crippen LogP contribution < -0.4 is 14.8 Å². The first-order valence-electron chi connectivity index (χ1n) is 4.76. The van der Waals surface area contributed by atoms with E-state index < -0.39 is 5.97 Å². The number of carboxylic acids is 1. The second-order valence-corrected chi connectivity index (χ2v) is 3.27. The van der Waals surface area contributed by atoms with Crippen LogP contribution in [-0.4, -0.2) is 31.8 Å². The number of benzene rings is 1. The number of aliphatic carboxylic acids is 1. The summed E-state index contributed by atoms with van der Waals surface area (Å²) in [6.07, 6.45) is 0. The van der Waals surface area contributed by atoms with Crippen LogP contribution in [0.25, 0.3) is 0 Å². The lowest BCUT2D eigenvalue weighted by Gasteiger charge is -2.13. The van der Waals surface area contributed by atoms with E-state index in [0.29, 0.717) is 11.5 Å². The molecule has 16 heavy (non-hydrogen) atoms. The zero-order valence-corrected chi connectivity index (χ0v) is 9.53. The van der Waals surface area contributed by atoms with Crippen molar-refractivity contribution in [2.24, 2.45) is 0 Å². The van der Waals surface area contributed by atoms with Crippen LogP contribution in [0.1, 0.15) is 5.56 Å². The van der Waals surface area contributed by atoms with Gasteiger partial charge in [0.1, 0.15) is 6.54 Å². The molecular weight excluding hydrogens is 210 g/mol. The highest BCUT2D eigenvalue weighted by Crippen LogP contribution is 2.32. The van der Waals surface area contributed by atoms with Crippen LogP contribution in [0.3, 0.4) is 0 Å². The molecule has 0 aliphatic heterocycles. The number of ether oxygens (including phenoxy) is 2. The topological polar surface area (TPSA) is 67.8 Å². The Morgan fingerprint density at radius 1 is 1.31 bits per heavy atom. The number of hydrogen-bond acceptors (Lipinski definition) is 4. The minimum Gasteiger partial charge on any atom is -0.493 e. The van der Waals surface area contributed by atoms with Crippen molar-refractivity contribution in [2.75, 3.05) is 26.1 Å². The van der Waals surface area contributed by atoms with Crippen molar-refractivity contribution in [2.45, 2.75) is 6.92 Å². The summed E-state index contributed by atoms with van der Waals surface area (Å²) in [7, 11) is 3.09. The summed E-state index contributed by atoms with van der Waals surface area (Å²) in [6.45, 7) is 1.74. The molecule has 0 aliphatic rings. The normalized spacial score (nSPS) is 9.69. The van der Waals surface area contributed by atoms with Crippen molar-refractivity contribution in [1.82, 2.24) is 0 Å². The van der Waals surface area contributed by atoms with Gasteiger partial charge in [-0.25, -0.2) is 0 Å². The van der Waals surface area contributed by atoms with Crippen LogP contribution in [0.5, 0.6) is 11.5 Å². The van der Waals surface area contributed by atoms with E-state index in [9.17, 15) is 4.79 Å². The lowest BCUT2D eigenvalue weighted by Crippen LogP contribution is -2.13. The van der Waals surface area contributed by atoms with Gasteiger partial charge in [-0.1, -0.05) is 0 Å². The molecule has 88 valence electrons. The maximum atomic E-state index is 10.4. The van der Waals surface area contributed by atoms with Gasteiger partial charge in [0.2, 0.25) is 0 Å². The quantitative estimate of drug-likeness (QED) is 0.795. The van der Waals surface area contributed by atoms with Crippen LogP contribution in [0.4, 0.5) is 5.69 Å². The Kier molecular flexibility index (Phi) is 3.99. The smallest absolute Gasteiger partial charge is 0.322 e. The molecule has 5 nitrogen and oxygen atoms in total. The molecule has 0 amide bonds. The molecule has 1 aromatic carbocycles. The van der Waals surface area contributed by atoms with E-state index in [1.54, 1.807) is 19.2 Å². The molecule has 0 fully saturated rings. The van der Waals surface area contributed by atoms with Gasteiger partial charge in [-0.3, -0.25) is 4.79 Å². The van der Waals surface area contributed by atoms with Gasteiger partial charge in [0, 0.05) is 11.8 Å². The monoisotopic (exact) mass is 225 g/mol. The van der Waals surface area contributed by atoms with Gasteiger partial charge in [-0.05, 0) is 18.6 Å². The van der Waals surface area contributed by atoms with Gasteiger partial charge < -0.3 is 19.9 Å². The van der Waals surface area contributed by atoms with Crippen LogP contribution in [0.15, 0.2) is 12.1 Å². The van der Waals surface area contributed by atoms with E-state index in [0.717, 1.165) is 11.3 Å². The number of rotatable bonds is 5. The van der Waals surface area contributed by atoms with Gasteiger partial charge in [-0.15, -0.1) is 0 Å². The van der Waals surface area contributed by atoms with E-state index in [-0.39, 0.29) is 6.54 Å².